The second-order valence-corrected chi connectivity index (χ2v) is 7.42. The molecule has 0 bridgehead atoms. The number of hydrogen-bond acceptors (Lipinski definition) is 7. The molecule has 7 nitrogen and oxygen atoms in total. The number of methoxy groups -OCH3 is 1. The third kappa shape index (κ3) is 6.54. The Hall–Kier alpha value is -2.45. The lowest BCUT2D eigenvalue weighted by atomic mass is 9.91. The average molecular weight is 422 g/mol. The van der Waals surface area contributed by atoms with E-state index in [9.17, 15) is 9.18 Å². The highest BCUT2D eigenvalue weighted by Gasteiger charge is 2.21. The van der Waals surface area contributed by atoms with Crippen molar-refractivity contribution in [1.82, 2.24) is 15.3 Å². The molecule has 2 aromatic rings. The molecule has 156 valence electrons. The molecule has 1 saturated carbocycles. The van der Waals surface area contributed by atoms with E-state index >= 15 is 0 Å². The maximum atomic E-state index is 13.3. The fourth-order valence-corrected chi connectivity index (χ4v) is 3.54. The molecule has 29 heavy (non-hydrogen) atoms. The van der Waals surface area contributed by atoms with Crippen LogP contribution in [0.15, 0.2) is 30.6 Å². The number of aromatic nitrogens is 2. The largest absolute Gasteiger partial charge is 0.469 e. The monoisotopic (exact) mass is 421 g/mol. The van der Waals surface area contributed by atoms with Crippen molar-refractivity contribution in [3.63, 3.8) is 0 Å². The summed E-state index contributed by atoms with van der Waals surface area (Å²) in [6, 6.07) is 6.99. The highest BCUT2D eigenvalue weighted by atomic mass is 35.5. The van der Waals surface area contributed by atoms with Gasteiger partial charge < -0.3 is 20.7 Å². The Kier molecular flexibility index (Phi) is 7.60. The summed E-state index contributed by atoms with van der Waals surface area (Å²) in [5.74, 6) is 0.683. The van der Waals surface area contributed by atoms with E-state index in [1.807, 2.05) is 6.07 Å². The van der Waals surface area contributed by atoms with Crippen LogP contribution in [0.25, 0.3) is 0 Å². The minimum absolute atomic E-state index is 0.0550. The van der Waals surface area contributed by atoms with Gasteiger partial charge in [-0.25, -0.2) is 14.4 Å². The number of nitrogens with one attached hydrogen (secondary N) is 3. The molecule has 1 fully saturated rings. The standard InChI is InChI=1S/C20H25ClFN5O2/c1-29-20(28)8-9-23-13-2-4-14(5-3-13)26-18-11-19(25-12-24-18)27-15-6-7-17(22)16(21)10-15/h6-7,10-14,23H,2-5,8-9H2,1H3,(H2,24,25,26,27). The van der Waals surface area contributed by atoms with Gasteiger partial charge in [-0.3, -0.25) is 4.79 Å². The van der Waals surface area contributed by atoms with Crippen LogP contribution in [0.3, 0.4) is 0 Å². The van der Waals surface area contributed by atoms with Gasteiger partial charge in [-0.2, -0.15) is 0 Å². The van der Waals surface area contributed by atoms with Crippen molar-refractivity contribution in [2.75, 3.05) is 24.3 Å². The summed E-state index contributed by atoms with van der Waals surface area (Å²) in [5, 5.41) is 10.0. The molecule has 3 N–H and O–H groups in total. The smallest absolute Gasteiger partial charge is 0.306 e. The van der Waals surface area contributed by atoms with Gasteiger partial charge in [0, 0.05) is 30.4 Å². The molecule has 0 amide bonds. The van der Waals surface area contributed by atoms with Gasteiger partial charge in [0.05, 0.1) is 18.6 Å². The Morgan fingerprint density at radius 3 is 2.62 bits per heavy atom. The van der Waals surface area contributed by atoms with Gasteiger partial charge in [-0.05, 0) is 43.9 Å². The quantitative estimate of drug-likeness (QED) is 0.557. The summed E-state index contributed by atoms with van der Waals surface area (Å²) in [6.07, 6.45) is 5.96. The number of rotatable bonds is 8. The van der Waals surface area contributed by atoms with E-state index in [1.54, 1.807) is 6.07 Å². The molecule has 1 aliphatic carbocycles. The molecular weight excluding hydrogens is 397 g/mol. The first-order valence-corrected chi connectivity index (χ1v) is 10.0. The number of benzene rings is 1. The third-order valence-corrected chi connectivity index (χ3v) is 5.22. The lowest BCUT2D eigenvalue weighted by Gasteiger charge is -2.30. The topological polar surface area (TPSA) is 88.2 Å². The van der Waals surface area contributed by atoms with Crippen molar-refractivity contribution < 1.29 is 13.9 Å². The molecular formula is C20H25ClFN5O2. The zero-order chi connectivity index (χ0) is 20.6. The summed E-state index contributed by atoms with van der Waals surface area (Å²) < 4.78 is 17.9. The zero-order valence-electron chi connectivity index (χ0n) is 16.3. The average Bonchev–Trinajstić information content (AvgIpc) is 2.72. The van der Waals surface area contributed by atoms with Gasteiger partial charge in [0.25, 0.3) is 0 Å². The number of halogens is 2. The first-order chi connectivity index (χ1) is 14.0. The lowest BCUT2D eigenvalue weighted by molar-refractivity contribution is -0.140. The minimum atomic E-state index is -0.461. The molecule has 0 spiro atoms. The van der Waals surface area contributed by atoms with E-state index in [0.717, 1.165) is 31.5 Å². The Labute approximate surface area is 174 Å². The fourth-order valence-electron chi connectivity index (χ4n) is 3.36. The normalized spacial score (nSPS) is 18.9. The van der Waals surface area contributed by atoms with Gasteiger partial charge >= 0.3 is 5.97 Å². The maximum Gasteiger partial charge on any atom is 0.306 e. The summed E-state index contributed by atoms with van der Waals surface area (Å²) >= 11 is 5.82. The molecule has 3 rings (SSSR count). The lowest BCUT2D eigenvalue weighted by Crippen LogP contribution is -2.38. The predicted molar refractivity (Wildman–Crippen MR) is 111 cm³/mol. The van der Waals surface area contributed by atoms with E-state index in [4.69, 9.17) is 11.6 Å². The van der Waals surface area contributed by atoms with E-state index in [0.29, 0.717) is 36.6 Å². The van der Waals surface area contributed by atoms with Crippen molar-refractivity contribution in [2.45, 2.75) is 44.2 Å². The van der Waals surface area contributed by atoms with Crippen molar-refractivity contribution in [3.05, 3.63) is 41.4 Å². The van der Waals surface area contributed by atoms with Gasteiger partial charge in [-0.1, -0.05) is 11.6 Å². The number of carbonyl (C=O) groups excluding carboxylic acids is 1. The summed E-state index contributed by atoms with van der Waals surface area (Å²) in [7, 11) is 1.40. The number of esters is 1. The van der Waals surface area contributed by atoms with Crippen LogP contribution in [0.5, 0.6) is 0 Å². The number of carbonyl (C=O) groups is 1. The number of nitrogens with zero attached hydrogens (tertiary/aromatic N) is 2. The van der Waals surface area contributed by atoms with E-state index in [2.05, 4.69) is 30.7 Å². The van der Waals surface area contributed by atoms with E-state index < -0.39 is 5.82 Å². The van der Waals surface area contributed by atoms with Crippen LogP contribution in [-0.4, -0.2) is 41.7 Å². The number of ether oxygens (including phenoxy) is 1. The third-order valence-electron chi connectivity index (χ3n) is 4.93. The van der Waals surface area contributed by atoms with Gasteiger partial charge in [0.15, 0.2) is 0 Å². The van der Waals surface area contributed by atoms with Crippen molar-refractivity contribution in [2.24, 2.45) is 0 Å². The molecule has 9 heteroatoms. The molecule has 0 saturated heterocycles. The molecule has 1 aromatic carbocycles. The molecule has 1 aliphatic rings. The van der Waals surface area contributed by atoms with Crippen LogP contribution in [0.4, 0.5) is 21.7 Å². The molecule has 1 aromatic heterocycles. The Morgan fingerprint density at radius 2 is 1.90 bits per heavy atom. The van der Waals surface area contributed by atoms with Crippen LogP contribution in [0.2, 0.25) is 5.02 Å². The van der Waals surface area contributed by atoms with Crippen LogP contribution in [0.1, 0.15) is 32.1 Å². The summed E-state index contributed by atoms with van der Waals surface area (Å²) in [5.41, 5.74) is 0.652. The Bertz CT molecular complexity index is 830. The molecule has 1 heterocycles. The van der Waals surface area contributed by atoms with Crippen molar-refractivity contribution >= 4 is 34.9 Å². The Balaban J connectivity index is 1.47. The number of hydrogen-bond donors (Lipinski definition) is 3. The highest BCUT2D eigenvalue weighted by Crippen LogP contribution is 2.24. The first-order valence-electron chi connectivity index (χ1n) is 9.64. The summed E-state index contributed by atoms with van der Waals surface area (Å²) in [4.78, 5) is 19.7. The molecule has 0 atom stereocenters. The van der Waals surface area contributed by atoms with Gasteiger partial charge in [0.2, 0.25) is 0 Å². The van der Waals surface area contributed by atoms with Gasteiger partial charge in [0.1, 0.15) is 23.8 Å². The fraction of sp³-hybridized carbons (Fsp3) is 0.450. The van der Waals surface area contributed by atoms with E-state index in [1.165, 1.54) is 25.6 Å². The van der Waals surface area contributed by atoms with Crippen LogP contribution in [0, 0.1) is 5.82 Å². The Morgan fingerprint density at radius 1 is 1.17 bits per heavy atom. The summed E-state index contributed by atoms with van der Waals surface area (Å²) in [6.45, 7) is 0.643. The zero-order valence-corrected chi connectivity index (χ0v) is 17.0. The SMILES string of the molecule is COC(=O)CCNC1CCC(Nc2cc(Nc3ccc(F)c(Cl)c3)ncn2)CC1. The van der Waals surface area contributed by atoms with Crippen LogP contribution >= 0.6 is 11.6 Å². The molecule has 0 unspecified atom stereocenters. The minimum Gasteiger partial charge on any atom is -0.469 e. The van der Waals surface area contributed by atoms with Crippen LogP contribution < -0.4 is 16.0 Å². The first kappa shape index (κ1) is 21.3. The highest BCUT2D eigenvalue weighted by molar-refractivity contribution is 6.31. The second-order valence-electron chi connectivity index (χ2n) is 7.02. The van der Waals surface area contributed by atoms with Gasteiger partial charge in [-0.15, -0.1) is 0 Å². The maximum absolute atomic E-state index is 13.3. The van der Waals surface area contributed by atoms with Crippen molar-refractivity contribution in [1.29, 1.82) is 0 Å². The molecule has 0 aliphatic heterocycles. The molecule has 0 radical (unpaired) electrons. The van der Waals surface area contributed by atoms with E-state index in [-0.39, 0.29) is 11.0 Å². The number of anilines is 3. The van der Waals surface area contributed by atoms with Crippen LogP contribution in [-0.2, 0) is 9.53 Å². The predicted octanol–water partition coefficient (Wildman–Crippen LogP) is 3.89. The second kappa shape index (κ2) is 10.4. The van der Waals surface area contributed by atoms with Crippen molar-refractivity contribution in [3.8, 4) is 0 Å².